The van der Waals surface area contributed by atoms with Gasteiger partial charge in [-0.05, 0) is 20.8 Å². The first-order valence-corrected chi connectivity index (χ1v) is 3.31. The molecule has 4 heteroatoms. The van der Waals surface area contributed by atoms with Gasteiger partial charge < -0.3 is 10.1 Å². The Morgan fingerprint density at radius 2 is 2.10 bits per heavy atom. The van der Waals surface area contributed by atoms with Crippen LogP contribution in [0.2, 0.25) is 0 Å². The molecule has 0 aliphatic heterocycles. The predicted molar refractivity (Wildman–Crippen MR) is 39.5 cm³/mol. The van der Waals surface area contributed by atoms with Gasteiger partial charge in [0, 0.05) is 0 Å². The van der Waals surface area contributed by atoms with Gasteiger partial charge in [-0.2, -0.15) is 0 Å². The van der Waals surface area contributed by atoms with Gasteiger partial charge in [0.05, 0.1) is 0 Å². The Labute approximate surface area is 65.7 Å². The SMILES string of the molecule is CC(C)(C)OC(=O)N[CH]Cl. The number of halogens is 1. The van der Waals surface area contributed by atoms with E-state index in [9.17, 15) is 4.79 Å². The summed E-state index contributed by atoms with van der Waals surface area (Å²) in [6, 6.07) is 1.01. The molecule has 1 amide bonds. The Hall–Kier alpha value is -0.440. The zero-order valence-electron chi connectivity index (χ0n) is 6.27. The van der Waals surface area contributed by atoms with Gasteiger partial charge in [0.2, 0.25) is 0 Å². The summed E-state index contributed by atoms with van der Waals surface area (Å²) in [5.74, 6) is 0. The molecule has 3 nitrogen and oxygen atoms in total. The average molecular weight is 165 g/mol. The molecule has 0 aromatic carbocycles. The molecule has 59 valence electrons. The van der Waals surface area contributed by atoms with Crippen molar-refractivity contribution in [1.29, 1.82) is 0 Å². The van der Waals surface area contributed by atoms with Crippen molar-refractivity contribution in [2.75, 3.05) is 0 Å². The first-order valence-electron chi connectivity index (χ1n) is 2.87. The highest BCUT2D eigenvalue weighted by Gasteiger charge is 2.14. The third-order valence-corrected chi connectivity index (χ3v) is 0.680. The fourth-order valence-corrected chi connectivity index (χ4v) is 0.441. The van der Waals surface area contributed by atoms with Crippen LogP contribution in [-0.4, -0.2) is 11.7 Å². The lowest BCUT2D eigenvalue weighted by Crippen LogP contribution is -2.30. The number of carbonyl (C=O) groups excluding carboxylic acids is 1. The van der Waals surface area contributed by atoms with Gasteiger partial charge in [0.15, 0.2) is 0 Å². The number of nitrogens with one attached hydrogen (secondary N) is 1. The second-order valence-corrected chi connectivity index (χ2v) is 2.97. The first kappa shape index (κ1) is 9.56. The van der Waals surface area contributed by atoms with Gasteiger partial charge in [0.25, 0.3) is 0 Å². The zero-order chi connectivity index (χ0) is 8.20. The second kappa shape index (κ2) is 3.66. The van der Waals surface area contributed by atoms with Crippen molar-refractivity contribution >= 4 is 17.7 Å². The molecule has 0 atom stereocenters. The highest BCUT2D eigenvalue weighted by molar-refractivity contribution is 6.23. The Kier molecular flexibility index (Phi) is 3.50. The van der Waals surface area contributed by atoms with Crippen LogP contribution in [-0.2, 0) is 4.74 Å². The Morgan fingerprint density at radius 1 is 1.60 bits per heavy atom. The third kappa shape index (κ3) is 5.69. The van der Waals surface area contributed by atoms with Crippen molar-refractivity contribution in [2.45, 2.75) is 26.4 Å². The number of carbonyl (C=O) groups is 1. The van der Waals surface area contributed by atoms with Crippen LogP contribution in [0.4, 0.5) is 4.79 Å². The summed E-state index contributed by atoms with van der Waals surface area (Å²) in [4.78, 5) is 10.6. The van der Waals surface area contributed by atoms with Crippen LogP contribution < -0.4 is 5.32 Å². The van der Waals surface area contributed by atoms with Crippen LogP contribution >= 0.6 is 11.6 Å². The summed E-state index contributed by atoms with van der Waals surface area (Å²) in [7, 11) is 0. The largest absolute Gasteiger partial charge is 0.444 e. The van der Waals surface area contributed by atoms with E-state index in [0.717, 1.165) is 6.00 Å². The molecule has 0 spiro atoms. The van der Waals surface area contributed by atoms with Crippen LogP contribution in [0.15, 0.2) is 0 Å². The minimum absolute atomic E-state index is 0.468. The van der Waals surface area contributed by atoms with Crippen molar-refractivity contribution in [3.63, 3.8) is 0 Å². The van der Waals surface area contributed by atoms with Gasteiger partial charge in [-0.1, -0.05) is 11.6 Å². The summed E-state index contributed by atoms with van der Waals surface area (Å²) in [6.07, 6.45) is -0.539. The molecule has 0 heterocycles. The molecule has 0 saturated carbocycles. The van der Waals surface area contributed by atoms with E-state index in [1.807, 2.05) is 0 Å². The molecule has 0 aromatic heterocycles. The average Bonchev–Trinajstić information content (AvgIpc) is 1.59. The van der Waals surface area contributed by atoms with Crippen LogP contribution in [0.25, 0.3) is 0 Å². The summed E-state index contributed by atoms with van der Waals surface area (Å²) < 4.78 is 4.81. The molecule has 0 fully saturated rings. The van der Waals surface area contributed by atoms with E-state index in [2.05, 4.69) is 5.32 Å². The van der Waals surface area contributed by atoms with Gasteiger partial charge in [0.1, 0.15) is 11.6 Å². The molecule has 0 bridgehead atoms. The normalized spacial score (nSPS) is 10.8. The monoisotopic (exact) mass is 164 g/mol. The maximum absolute atomic E-state index is 10.6. The predicted octanol–water partition coefficient (Wildman–Crippen LogP) is 1.87. The van der Waals surface area contributed by atoms with E-state index in [-0.39, 0.29) is 0 Å². The van der Waals surface area contributed by atoms with Gasteiger partial charge in [-0.3, -0.25) is 0 Å². The van der Waals surface area contributed by atoms with Gasteiger partial charge >= 0.3 is 6.09 Å². The van der Waals surface area contributed by atoms with E-state index in [1.54, 1.807) is 20.8 Å². The van der Waals surface area contributed by atoms with Crippen LogP contribution in [0.1, 0.15) is 20.8 Å². The number of amides is 1. The topological polar surface area (TPSA) is 38.3 Å². The molecule has 0 saturated heterocycles. The van der Waals surface area contributed by atoms with Gasteiger partial charge in [-0.15, -0.1) is 0 Å². The van der Waals surface area contributed by atoms with Crippen LogP contribution in [0.3, 0.4) is 0 Å². The first-order chi connectivity index (χ1) is 4.45. The highest BCUT2D eigenvalue weighted by atomic mass is 35.5. The molecule has 0 aromatic rings. The number of hydrogen-bond donors (Lipinski definition) is 1. The van der Waals surface area contributed by atoms with Crippen molar-refractivity contribution in [3.05, 3.63) is 6.00 Å². The minimum Gasteiger partial charge on any atom is -0.444 e. The lowest BCUT2D eigenvalue weighted by molar-refractivity contribution is 0.0548. The second-order valence-electron chi connectivity index (χ2n) is 2.76. The van der Waals surface area contributed by atoms with Gasteiger partial charge in [-0.25, -0.2) is 4.79 Å². The van der Waals surface area contributed by atoms with Crippen LogP contribution in [0.5, 0.6) is 0 Å². The summed E-state index contributed by atoms with van der Waals surface area (Å²) in [5.41, 5.74) is -0.468. The molecule has 0 aliphatic carbocycles. The van der Waals surface area contributed by atoms with Crippen molar-refractivity contribution < 1.29 is 9.53 Å². The van der Waals surface area contributed by atoms with E-state index in [1.165, 1.54) is 0 Å². The number of rotatable bonds is 1. The Balaban J connectivity index is 3.58. The Morgan fingerprint density at radius 3 is 2.40 bits per heavy atom. The lowest BCUT2D eigenvalue weighted by Gasteiger charge is -2.18. The van der Waals surface area contributed by atoms with E-state index in [0.29, 0.717) is 0 Å². The maximum atomic E-state index is 10.6. The molecular formula is C6H11ClNO2. The smallest absolute Gasteiger partial charge is 0.408 e. The molecule has 1 N–H and O–H groups in total. The van der Waals surface area contributed by atoms with E-state index < -0.39 is 11.7 Å². The molecule has 0 rings (SSSR count). The van der Waals surface area contributed by atoms with E-state index in [4.69, 9.17) is 16.3 Å². The molecular weight excluding hydrogens is 154 g/mol. The summed E-state index contributed by atoms with van der Waals surface area (Å²) in [6.45, 7) is 5.34. The highest BCUT2D eigenvalue weighted by Crippen LogP contribution is 2.06. The Bertz CT molecular complexity index is 119. The fourth-order valence-electron chi connectivity index (χ4n) is 0.352. The van der Waals surface area contributed by atoms with Crippen molar-refractivity contribution in [1.82, 2.24) is 5.32 Å². The fraction of sp³-hybridized carbons (Fsp3) is 0.667. The molecule has 10 heavy (non-hydrogen) atoms. The quantitative estimate of drug-likeness (QED) is 0.601. The zero-order valence-corrected chi connectivity index (χ0v) is 7.03. The molecule has 0 aliphatic rings. The third-order valence-electron chi connectivity index (χ3n) is 0.571. The summed E-state index contributed by atoms with van der Waals surface area (Å²) in [5, 5.41) is 2.18. The maximum Gasteiger partial charge on any atom is 0.408 e. The number of hydrogen-bond acceptors (Lipinski definition) is 2. The standard InChI is InChI=1S/C6H11ClNO2/c1-6(2,3)10-5(9)8-4-7/h4H,1-3H3,(H,8,9). The van der Waals surface area contributed by atoms with E-state index >= 15 is 0 Å². The lowest BCUT2D eigenvalue weighted by atomic mass is 10.2. The number of ether oxygens (including phenoxy) is 1. The van der Waals surface area contributed by atoms with Crippen molar-refractivity contribution in [3.8, 4) is 0 Å². The van der Waals surface area contributed by atoms with Crippen LogP contribution in [0, 0.1) is 6.00 Å². The minimum atomic E-state index is -0.539. The molecule has 0 unspecified atom stereocenters. The summed E-state index contributed by atoms with van der Waals surface area (Å²) >= 11 is 5.09. The number of alkyl carbamates (subject to hydrolysis) is 1. The van der Waals surface area contributed by atoms with Crippen molar-refractivity contribution in [2.24, 2.45) is 0 Å². The molecule has 1 radical (unpaired) electrons.